The Labute approximate surface area is 146 Å². The number of anilines is 1. The molecule has 7 heteroatoms. The van der Waals surface area contributed by atoms with Crippen LogP contribution in [0.25, 0.3) is 0 Å². The molecule has 2 aliphatic rings. The Morgan fingerprint density at radius 3 is 2.92 bits per heavy atom. The van der Waals surface area contributed by atoms with Crippen LogP contribution < -0.4 is 15.1 Å². The van der Waals surface area contributed by atoms with Crippen LogP contribution in [0.5, 0.6) is 0 Å². The SMILES string of the molecule is CCN1C(=O)CSc2ccc(C(=O)NCC[NH+]3CCOCC3)cc21. The highest BCUT2D eigenvalue weighted by atomic mass is 32.2. The van der Waals surface area contributed by atoms with Crippen molar-refractivity contribution in [3.8, 4) is 0 Å². The Morgan fingerprint density at radius 2 is 2.17 bits per heavy atom. The lowest BCUT2D eigenvalue weighted by Gasteiger charge is -2.28. The quantitative estimate of drug-likeness (QED) is 0.771. The molecule has 0 spiro atoms. The van der Waals surface area contributed by atoms with E-state index in [1.807, 2.05) is 25.1 Å². The first kappa shape index (κ1) is 17.3. The Morgan fingerprint density at radius 1 is 1.38 bits per heavy atom. The van der Waals surface area contributed by atoms with Gasteiger partial charge >= 0.3 is 0 Å². The molecule has 2 heterocycles. The van der Waals surface area contributed by atoms with Crippen molar-refractivity contribution in [3.05, 3.63) is 23.8 Å². The van der Waals surface area contributed by atoms with Gasteiger partial charge in [-0.3, -0.25) is 9.59 Å². The predicted octanol–water partition coefficient (Wildman–Crippen LogP) is -0.210. The fourth-order valence-corrected chi connectivity index (χ4v) is 3.97. The van der Waals surface area contributed by atoms with Gasteiger partial charge in [0.05, 0.1) is 37.7 Å². The number of quaternary nitrogens is 1. The van der Waals surface area contributed by atoms with Crippen LogP contribution in [0, 0.1) is 0 Å². The topological polar surface area (TPSA) is 63.1 Å². The van der Waals surface area contributed by atoms with Gasteiger partial charge in [-0.05, 0) is 25.1 Å². The molecule has 3 rings (SSSR count). The van der Waals surface area contributed by atoms with Crippen molar-refractivity contribution < 1.29 is 19.2 Å². The summed E-state index contributed by atoms with van der Waals surface area (Å²) in [5.41, 5.74) is 1.46. The molecule has 0 atom stereocenters. The van der Waals surface area contributed by atoms with Gasteiger partial charge in [0.15, 0.2) is 0 Å². The Kier molecular flexibility index (Phi) is 5.76. The van der Waals surface area contributed by atoms with Gasteiger partial charge in [0, 0.05) is 17.0 Å². The van der Waals surface area contributed by atoms with Crippen molar-refractivity contribution >= 4 is 29.3 Å². The van der Waals surface area contributed by atoms with Gasteiger partial charge in [0.2, 0.25) is 5.91 Å². The fraction of sp³-hybridized carbons (Fsp3) is 0.529. The van der Waals surface area contributed by atoms with E-state index in [-0.39, 0.29) is 11.8 Å². The van der Waals surface area contributed by atoms with E-state index in [4.69, 9.17) is 4.74 Å². The second-order valence-electron chi connectivity index (χ2n) is 5.98. The number of fused-ring (bicyclic) bond motifs is 1. The number of hydrogen-bond acceptors (Lipinski definition) is 4. The molecule has 0 saturated carbocycles. The summed E-state index contributed by atoms with van der Waals surface area (Å²) in [6, 6.07) is 5.61. The molecule has 0 aromatic heterocycles. The molecular formula is C17H24N3O3S+. The first-order valence-electron chi connectivity index (χ1n) is 8.45. The monoisotopic (exact) mass is 350 g/mol. The minimum absolute atomic E-state index is 0.0791. The molecule has 6 nitrogen and oxygen atoms in total. The summed E-state index contributed by atoms with van der Waals surface area (Å²) in [6.07, 6.45) is 0. The number of thioether (sulfide) groups is 1. The summed E-state index contributed by atoms with van der Waals surface area (Å²) in [4.78, 5) is 28.7. The summed E-state index contributed by atoms with van der Waals surface area (Å²) in [7, 11) is 0. The molecule has 0 aliphatic carbocycles. The van der Waals surface area contributed by atoms with Gasteiger partial charge in [-0.2, -0.15) is 0 Å². The van der Waals surface area contributed by atoms with E-state index >= 15 is 0 Å². The van der Waals surface area contributed by atoms with E-state index in [2.05, 4.69) is 5.32 Å². The smallest absolute Gasteiger partial charge is 0.251 e. The molecule has 2 amide bonds. The lowest BCUT2D eigenvalue weighted by molar-refractivity contribution is -0.906. The van der Waals surface area contributed by atoms with Crippen LogP contribution in [0.2, 0.25) is 0 Å². The molecular weight excluding hydrogens is 326 g/mol. The number of rotatable bonds is 5. The second-order valence-corrected chi connectivity index (χ2v) is 6.99. The van der Waals surface area contributed by atoms with Crippen molar-refractivity contribution in [2.24, 2.45) is 0 Å². The highest BCUT2D eigenvalue weighted by Gasteiger charge is 2.24. The summed E-state index contributed by atoms with van der Waals surface area (Å²) in [5, 5.41) is 2.99. The van der Waals surface area contributed by atoms with Gasteiger partial charge in [0.1, 0.15) is 13.1 Å². The molecule has 2 N–H and O–H groups in total. The average molecular weight is 350 g/mol. The lowest BCUT2D eigenvalue weighted by atomic mass is 10.1. The average Bonchev–Trinajstić information content (AvgIpc) is 2.62. The Hall–Kier alpha value is -1.57. The largest absolute Gasteiger partial charge is 0.370 e. The number of nitrogens with one attached hydrogen (secondary N) is 2. The molecule has 0 unspecified atom stereocenters. The number of benzene rings is 1. The molecule has 1 aromatic rings. The van der Waals surface area contributed by atoms with Gasteiger partial charge in [0.25, 0.3) is 5.91 Å². The zero-order valence-corrected chi connectivity index (χ0v) is 14.8. The molecule has 1 saturated heterocycles. The van der Waals surface area contributed by atoms with Crippen LogP contribution >= 0.6 is 11.8 Å². The molecule has 130 valence electrons. The van der Waals surface area contributed by atoms with Crippen LogP contribution in [0.4, 0.5) is 5.69 Å². The van der Waals surface area contributed by atoms with Gasteiger partial charge in [-0.15, -0.1) is 11.8 Å². The van der Waals surface area contributed by atoms with Crippen molar-refractivity contribution in [2.75, 3.05) is 56.6 Å². The van der Waals surface area contributed by atoms with Crippen LogP contribution in [0.1, 0.15) is 17.3 Å². The normalized spacial score (nSPS) is 18.4. The first-order valence-corrected chi connectivity index (χ1v) is 9.44. The molecule has 1 fully saturated rings. The molecule has 2 aliphatic heterocycles. The number of carbonyl (C=O) groups is 2. The molecule has 0 radical (unpaired) electrons. The fourth-order valence-electron chi connectivity index (χ4n) is 3.05. The third kappa shape index (κ3) is 3.91. The molecule has 24 heavy (non-hydrogen) atoms. The predicted molar refractivity (Wildman–Crippen MR) is 93.9 cm³/mol. The first-order chi connectivity index (χ1) is 11.7. The maximum absolute atomic E-state index is 12.4. The maximum atomic E-state index is 12.4. The zero-order chi connectivity index (χ0) is 16.9. The summed E-state index contributed by atoms with van der Waals surface area (Å²) in [6.45, 7) is 7.73. The van der Waals surface area contributed by atoms with Crippen molar-refractivity contribution in [1.82, 2.24) is 5.32 Å². The number of hydrogen-bond donors (Lipinski definition) is 2. The highest BCUT2D eigenvalue weighted by Crippen LogP contribution is 2.35. The number of amides is 2. The van der Waals surface area contributed by atoms with Crippen molar-refractivity contribution in [2.45, 2.75) is 11.8 Å². The van der Waals surface area contributed by atoms with Crippen LogP contribution in [-0.2, 0) is 9.53 Å². The third-order valence-electron chi connectivity index (χ3n) is 4.44. The Balaban J connectivity index is 1.61. The van der Waals surface area contributed by atoms with E-state index in [1.54, 1.807) is 4.90 Å². The van der Waals surface area contributed by atoms with E-state index in [0.29, 0.717) is 24.4 Å². The molecule has 0 bridgehead atoms. The van der Waals surface area contributed by atoms with E-state index in [0.717, 1.165) is 43.4 Å². The minimum Gasteiger partial charge on any atom is -0.370 e. The van der Waals surface area contributed by atoms with Gasteiger partial charge < -0.3 is 19.9 Å². The van der Waals surface area contributed by atoms with Crippen LogP contribution in [-0.4, -0.2) is 63.5 Å². The van der Waals surface area contributed by atoms with Crippen LogP contribution in [0.3, 0.4) is 0 Å². The third-order valence-corrected chi connectivity index (χ3v) is 5.49. The summed E-state index contributed by atoms with van der Waals surface area (Å²) < 4.78 is 5.34. The van der Waals surface area contributed by atoms with Crippen molar-refractivity contribution in [3.63, 3.8) is 0 Å². The number of carbonyl (C=O) groups excluding carboxylic acids is 2. The van der Waals surface area contributed by atoms with Crippen LogP contribution in [0.15, 0.2) is 23.1 Å². The zero-order valence-electron chi connectivity index (χ0n) is 14.0. The standard InChI is InChI=1S/C17H23N3O3S/c1-2-20-14-11-13(3-4-15(14)24-12-16(20)21)17(22)18-5-6-19-7-9-23-10-8-19/h3-4,11H,2,5-10,12H2,1H3,(H,18,22)/p+1. The van der Waals surface area contributed by atoms with E-state index in [1.165, 1.54) is 16.7 Å². The maximum Gasteiger partial charge on any atom is 0.251 e. The summed E-state index contributed by atoms with van der Waals surface area (Å²) in [5.74, 6) is 0.488. The Bertz CT molecular complexity index is 617. The highest BCUT2D eigenvalue weighted by molar-refractivity contribution is 8.00. The lowest BCUT2D eigenvalue weighted by Crippen LogP contribution is -3.14. The van der Waals surface area contributed by atoms with E-state index < -0.39 is 0 Å². The number of morpholine rings is 1. The minimum atomic E-state index is -0.0791. The van der Waals surface area contributed by atoms with Gasteiger partial charge in [-0.25, -0.2) is 0 Å². The van der Waals surface area contributed by atoms with Crippen molar-refractivity contribution in [1.29, 1.82) is 0 Å². The van der Waals surface area contributed by atoms with Gasteiger partial charge in [-0.1, -0.05) is 0 Å². The number of nitrogens with zero attached hydrogens (tertiary/aromatic N) is 1. The number of ether oxygens (including phenoxy) is 1. The van der Waals surface area contributed by atoms with E-state index in [9.17, 15) is 9.59 Å². The summed E-state index contributed by atoms with van der Waals surface area (Å²) >= 11 is 1.53. The second kappa shape index (κ2) is 8.00. The molecule has 1 aromatic carbocycles.